The maximum atomic E-state index is 11.6. The minimum absolute atomic E-state index is 0.0169. The maximum Gasteiger partial charge on any atom is 0.238 e. The van der Waals surface area contributed by atoms with Gasteiger partial charge in [-0.1, -0.05) is 47.8 Å². The number of carbonyl (C=O) groups is 1. The maximum absolute atomic E-state index is 11.6. The fourth-order valence-electron chi connectivity index (χ4n) is 0.981. The van der Waals surface area contributed by atoms with Gasteiger partial charge in [0.05, 0.1) is 4.83 Å². The summed E-state index contributed by atoms with van der Waals surface area (Å²) in [5.74, 6) is -0.0169. The Hall–Kier alpha value is 0.130. The Morgan fingerprint density at radius 1 is 1.33 bits per heavy atom. The molecule has 1 amide bonds. The summed E-state index contributed by atoms with van der Waals surface area (Å²) < 4.78 is 0.997. The van der Waals surface area contributed by atoms with Gasteiger partial charge in [-0.05, 0) is 30.7 Å². The fourth-order valence-corrected chi connectivity index (χ4v) is 2.66. The first-order valence-corrected chi connectivity index (χ1v) is 7.23. The zero-order chi connectivity index (χ0) is 11.3. The first-order valence-electron chi connectivity index (χ1n) is 4.40. The van der Waals surface area contributed by atoms with Crippen LogP contribution >= 0.6 is 47.8 Å². The molecular formula is C10H10Br3NO. The average Bonchev–Trinajstić information content (AvgIpc) is 2.22. The van der Waals surface area contributed by atoms with Gasteiger partial charge in [0.1, 0.15) is 0 Å². The van der Waals surface area contributed by atoms with Crippen LogP contribution in [-0.4, -0.2) is 16.1 Å². The highest BCUT2D eigenvalue weighted by Crippen LogP contribution is 2.16. The molecule has 1 aromatic carbocycles. The second-order valence-corrected chi connectivity index (χ2v) is 5.76. The highest BCUT2D eigenvalue weighted by Gasteiger charge is 2.13. The van der Waals surface area contributed by atoms with E-state index in [0.717, 1.165) is 21.9 Å². The summed E-state index contributed by atoms with van der Waals surface area (Å²) in [6, 6.07) is 7.50. The van der Waals surface area contributed by atoms with Crippen molar-refractivity contribution in [3.63, 3.8) is 0 Å². The molecule has 0 bridgehead atoms. The first kappa shape index (κ1) is 13.2. The van der Waals surface area contributed by atoms with Crippen molar-refractivity contribution >= 4 is 59.4 Å². The number of amides is 1. The summed E-state index contributed by atoms with van der Waals surface area (Å²) in [5.41, 5.74) is 0.808. The second-order valence-electron chi connectivity index (χ2n) is 2.94. The molecule has 82 valence electrons. The lowest BCUT2D eigenvalue weighted by atomic mass is 10.3. The van der Waals surface area contributed by atoms with E-state index in [9.17, 15) is 4.79 Å². The van der Waals surface area contributed by atoms with E-state index < -0.39 is 0 Å². The molecule has 1 rings (SSSR count). The minimum atomic E-state index is -0.152. The van der Waals surface area contributed by atoms with Crippen molar-refractivity contribution in [3.05, 3.63) is 28.7 Å². The lowest BCUT2D eigenvalue weighted by molar-refractivity contribution is -0.115. The van der Waals surface area contributed by atoms with Crippen LogP contribution in [0.15, 0.2) is 28.7 Å². The van der Waals surface area contributed by atoms with Gasteiger partial charge in [0.15, 0.2) is 0 Å². The highest BCUT2D eigenvalue weighted by molar-refractivity contribution is 9.10. The molecule has 2 nitrogen and oxygen atoms in total. The number of nitrogens with one attached hydrogen (secondary N) is 1. The summed E-state index contributed by atoms with van der Waals surface area (Å²) in [7, 11) is 0. The SMILES string of the molecule is O=C(Nc1ccc(Br)cc1)C(Br)CCBr. The summed E-state index contributed by atoms with van der Waals surface area (Å²) in [5, 5.41) is 3.63. The first-order chi connectivity index (χ1) is 7.13. The molecule has 0 aliphatic heterocycles. The van der Waals surface area contributed by atoms with Crippen LogP contribution in [0.1, 0.15) is 6.42 Å². The van der Waals surface area contributed by atoms with Crippen LogP contribution in [0.4, 0.5) is 5.69 Å². The van der Waals surface area contributed by atoms with Gasteiger partial charge >= 0.3 is 0 Å². The number of hydrogen-bond donors (Lipinski definition) is 1. The monoisotopic (exact) mass is 397 g/mol. The lowest BCUT2D eigenvalue weighted by Gasteiger charge is -2.09. The molecule has 5 heteroatoms. The second kappa shape index (κ2) is 6.66. The molecule has 1 aromatic rings. The Bertz CT molecular complexity index is 326. The Balaban J connectivity index is 2.54. The van der Waals surface area contributed by atoms with Crippen molar-refractivity contribution < 1.29 is 4.79 Å². The molecule has 0 saturated carbocycles. The van der Waals surface area contributed by atoms with Crippen molar-refractivity contribution in [2.24, 2.45) is 0 Å². The van der Waals surface area contributed by atoms with Gasteiger partial charge in [-0.25, -0.2) is 0 Å². The molecule has 15 heavy (non-hydrogen) atoms. The third-order valence-electron chi connectivity index (χ3n) is 1.76. The van der Waals surface area contributed by atoms with Gasteiger partial charge in [-0.3, -0.25) is 4.79 Å². The molecule has 0 spiro atoms. The predicted molar refractivity (Wildman–Crippen MR) is 73.9 cm³/mol. The number of benzene rings is 1. The number of hydrogen-bond acceptors (Lipinski definition) is 1. The van der Waals surface area contributed by atoms with Crippen molar-refractivity contribution in [3.8, 4) is 0 Å². The van der Waals surface area contributed by atoms with Crippen LogP contribution in [0.2, 0.25) is 0 Å². The van der Waals surface area contributed by atoms with E-state index in [2.05, 4.69) is 53.1 Å². The zero-order valence-electron chi connectivity index (χ0n) is 7.84. The Kier molecular flexibility index (Phi) is 5.86. The molecular weight excluding hydrogens is 390 g/mol. The van der Waals surface area contributed by atoms with Crippen LogP contribution < -0.4 is 5.32 Å². The van der Waals surface area contributed by atoms with E-state index in [-0.39, 0.29) is 10.7 Å². The van der Waals surface area contributed by atoms with Crippen molar-refractivity contribution in [1.29, 1.82) is 0 Å². The standard InChI is InChI=1S/C10H10Br3NO/c11-6-5-9(13)10(15)14-8-3-1-7(12)2-4-8/h1-4,9H,5-6H2,(H,14,15). The van der Waals surface area contributed by atoms with Crippen molar-refractivity contribution in [2.45, 2.75) is 11.2 Å². The van der Waals surface area contributed by atoms with Gasteiger partial charge in [-0.2, -0.15) is 0 Å². The molecule has 1 N–H and O–H groups in total. The van der Waals surface area contributed by atoms with Gasteiger partial charge in [-0.15, -0.1) is 0 Å². The van der Waals surface area contributed by atoms with E-state index in [1.54, 1.807) is 0 Å². The van der Waals surface area contributed by atoms with Crippen LogP contribution in [0, 0.1) is 0 Å². The Labute approximate surface area is 114 Å². The van der Waals surface area contributed by atoms with E-state index in [1.807, 2.05) is 24.3 Å². The predicted octanol–water partition coefficient (Wildman–Crippen LogP) is 3.94. The number of rotatable bonds is 4. The third-order valence-corrected chi connectivity index (χ3v) is 3.62. The summed E-state index contributed by atoms with van der Waals surface area (Å²) in [6.45, 7) is 0. The lowest BCUT2D eigenvalue weighted by Crippen LogP contribution is -2.22. The van der Waals surface area contributed by atoms with Crippen LogP contribution in [-0.2, 0) is 4.79 Å². The van der Waals surface area contributed by atoms with E-state index in [4.69, 9.17) is 0 Å². The molecule has 0 aliphatic rings. The van der Waals surface area contributed by atoms with Gasteiger partial charge in [0.2, 0.25) is 5.91 Å². The number of halogens is 3. The highest BCUT2D eigenvalue weighted by atomic mass is 79.9. The molecule has 0 aliphatic carbocycles. The molecule has 0 radical (unpaired) electrons. The topological polar surface area (TPSA) is 29.1 Å². The normalized spacial score (nSPS) is 12.2. The van der Waals surface area contributed by atoms with E-state index >= 15 is 0 Å². The Morgan fingerprint density at radius 3 is 2.47 bits per heavy atom. The van der Waals surface area contributed by atoms with Crippen molar-refractivity contribution in [1.82, 2.24) is 0 Å². The smallest absolute Gasteiger partial charge is 0.238 e. The van der Waals surface area contributed by atoms with Crippen LogP contribution in [0.25, 0.3) is 0 Å². The number of alkyl halides is 2. The van der Waals surface area contributed by atoms with Crippen LogP contribution in [0.3, 0.4) is 0 Å². The quantitative estimate of drug-likeness (QED) is 0.763. The summed E-state index contributed by atoms with van der Waals surface area (Å²) in [4.78, 5) is 11.4. The fraction of sp³-hybridized carbons (Fsp3) is 0.300. The largest absolute Gasteiger partial charge is 0.325 e. The molecule has 0 aromatic heterocycles. The van der Waals surface area contributed by atoms with Gasteiger partial charge in [0.25, 0.3) is 0 Å². The van der Waals surface area contributed by atoms with E-state index in [1.165, 1.54) is 0 Å². The average molecular weight is 400 g/mol. The van der Waals surface area contributed by atoms with Gasteiger partial charge < -0.3 is 5.32 Å². The van der Waals surface area contributed by atoms with Crippen LogP contribution in [0.5, 0.6) is 0 Å². The molecule has 1 atom stereocenters. The zero-order valence-corrected chi connectivity index (χ0v) is 12.6. The molecule has 0 heterocycles. The van der Waals surface area contributed by atoms with Crippen molar-refractivity contribution in [2.75, 3.05) is 10.6 Å². The number of anilines is 1. The molecule has 1 unspecified atom stereocenters. The minimum Gasteiger partial charge on any atom is -0.325 e. The number of carbonyl (C=O) groups excluding carboxylic acids is 1. The van der Waals surface area contributed by atoms with E-state index in [0.29, 0.717) is 0 Å². The molecule has 0 saturated heterocycles. The molecule has 0 fully saturated rings. The third kappa shape index (κ3) is 4.66. The summed E-state index contributed by atoms with van der Waals surface area (Å²) >= 11 is 9.96. The van der Waals surface area contributed by atoms with Gasteiger partial charge in [0, 0.05) is 15.5 Å². The summed E-state index contributed by atoms with van der Waals surface area (Å²) in [6.07, 6.45) is 0.766. The Morgan fingerprint density at radius 2 is 1.93 bits per heavy atom.